The van der Waals surface area contributed by atoms with E-state index in [4.69, 9.17) is 0 Å². The summed E-state index contributed by atoms with van der Waals surface area (Å²) in [6, 6.07) is 11.5. The molecule has 0 amide bonds. The van der Waals surface area contributed by atoms with Crippen molar-refractivity contribution in [3.63, 3.8) is 0 Å². The van der Waals surface area contributed by atoms with Crippen molar-refractivity contribution in [2.75, 3.05) is 22.9 Å². The fraction of sp³-hybridized carbons (Fsp3) is 0.375. The molecule has 2 aromatic rings. The molecule has 1 aromatic carbocycles. The lowest BCUT2D eigenvalue weighted by molar-refractivity contribution is 0.591. The number of aryl methyl sites for hydroxylation is 1. The summed E-state index contributed by atoms with van der Waals surface area (Å²) < 4.78 is 23.7. The molecule has 0 bridgehead atoms. The van der Waals surface area contributed by atoms with E-state index in [0.29, 0.717) is 36.2 Å². The van der Waals surface area contributed by atoms with Crippen LogP contribution >= 0.6 is 0 Å². The van der Waals surface area contributed by atoms with Crippen molar-refractivity contribution in [1.29, 1.82) is 0 Å². The number of sulfone groups is 1. The molecule has 0 spiro atoms. The Morgan fingerprint density at radius 3 is 2.61 bits per heavy atom. The van der Waals surface area contributed by atoms with Crippen molar-refractivity contribution in [2.45, 2.75) is 25.0 Å². The number of para-hydroxylation sites is 1. The molecule has 2 N–H and O–H groups in total. The Labute approximate surface area is 136 Å². The van der Waals surface area contributed by atoms with Crippen LogP contribution in [0.1, 0.15) is 18.7 Å². The maximum absolute atomic E-state index is 11.9. The highest BCUT2D eigenvalue weighted by Gasteiger charge is 2.30. The van der Waals surface area contributed by atoms with Crippen LogP contribution in [0.3, 0.4) is 0 Å². The zero-order valence-electron chi connectivity index (χ0n) is 13.0. The van der Waals surface area contributed by atoms with Gasteiger partial charge in [-0.2, -0.15) is 0 Å². The smallest absolute Gasteiger partial charge is 0.154 e. The summed E-state index contributed by atoms with van der Waals surface area (Å²) >= 11 is 0. The summed E-state index contributed by atoms with van der Waals surface area (Å²) in [6.45, 7) is 2.21. The first kappa shape index (κ1) is 15.7. The van der Waals surface area contributed by atoms with Crippen molar-refractivity contribution in [2.24, 2.45) is 0 Å². The van der Waals surface area contributed by atoms with Crippen LogP contribution in [-0.2, 0) is 9.84 Å². The third-order valence-corrected chi connectivity index (χ3v) is 6.13. The molecule has 2 heterocycles. The molecule has 1 atom stereocenters. The van der Waals surface area contributed by atoms with E-state index in [1.165, 1.54) is 0 Å². The fourth-order valence-electron chi connectivity index (χ4n) is 2.70. The van der Waals surface area contributed by atoms with Crippen LogP contribution in [0.15, 0.2) is 36.4 Å². The number of benzene rings is 1. The number of hydrogen-bond acceptors (Lipinski definition) is 6. The van der Waals surface area contributed by atoms with Crippen molar-refractivity contribution in [3.8, 4) is 0 Å². The molecule has 0 radical (unpaired) electrons. The number of anilines is 3. The van der Waals surface area contributed by atoms with E-state index in [0.717, 1.165) is 12.1 Å². The van der Waals surface area contributed by atoms with Gasteiger partial charge in [-0.05, 0) is 31.9 Å². The van der Waals surface area contributed by atoms with Gasteiger partial charge in [0, 0.05) is 18.3 Å². The Morgan fingerprint density at radius 2 is 1.91 bits per heavy atom. The minimum Gasteiger partial charge on any atom is -0.369 e. The van der Waals surface area contributed by atoms with Gasteiger partial charge in [-0.15, -0.1) is 0 Å². The average Bonchev–Trinajstić information content (AvgIpc) is 2.84. The van der Waals surface area contributed by atoms with Crippen molar-refractivity contribution >= 4 is 27.2 Å². The van der Waals surface area contributed by atoms with Gasteiger partial charge >= 0.3 is 0 Å². The number of nitrogens with zero attached hydrogens (tertiary/aromatic N) is 2. The highest BCUT2D eigenvalue weighted by molar-refractivity contribution is 7.92. The molecular weight excluding hydrogens is 312 g/mol. The molecule has 1 aromatic heterocycles. The highest BCUT2D eigenvalue weighted by atomic mass is 32.2. The van der Waals surface area contributed by atoms with Gasteiger partial charge in [0.2, 0.25) is 0 Å². The average molecular weight is 332 g/mol. The first-order valence-corrected chi connectivity index (χ1v) is 9.38. The second kappa shape index (κ2) is 6.54. The van der Waals surface area contributed by atoms with Crippen molar-refractivity contribution in [3.05, 3.63) is 42.2 Å². The zero-order chi connectivity index (χ0) is 16.3. The standard InChI is InChI=1S/C16H20N4O2S/c1-12-18-15(17-11-14-8-5-9-23(14,21)22)10-16(19-12)20-13-6-3-2-4-7-13/h2-4,6-7,10,14H,5,8-9,11H2,1H3,(H2,17,18,19,20). The number of aromatic nitrogens is 2. The maximum atomic E-state index is 11.9. The molecule has 1 aliphatic heterocycles. The minimum absolute atomic E-state index is 0.295. The molecule has 1 fully saturated rings. The van der Waals surface area contributed by atoms with E-state index in [1.54, 1.807) is 6.07 Å². The highest BCUT2D eigenvalue weighted by Crippen LogP contribution is 2.21. The molecule has 1 saturated heterocycles. The first-order valence-electron chi connectivity index (χ1n) is 7.66. The van der Waals surface area contributed by atoms with Crippen LogP contribution in [0.4, 0.5) is 17.3 Å². The van der Waals surface area contributed by atoms with Gasteiger partial charge in [0.1, 0.15) is 17.5 Å². The number of rotatable bonds is 5. The van der Waals surface area contributed by atoms with Gasteiger partial charge in [-0.1, -0.05) is 18.2 Å². The van der Waals surface area contributed by atoms with E-state index in [-0.39, 0.29) is 5.25 Å². The number of nitrogens with one attached hydrogen (secondary N) is 2. The Morgan fingerprint density at radius 1 is 1.17 bits per heavy atom. The SMILES string of the molecule is Cc1nc(NCC2CCCS2(=O)=O)cc(Nc2ccccc2)n1. The third kappa shape index (κ3) is 3.98. The van der Waals surface area contributed by atoms with Crippen LogP contribution in [0, 0.1) is 6.92 Å². The van der Waals surface area contributed by atoms with Crippen LogP contribution in [-0.4, -0.2) is 35.9 Å². The molecule has 6 nitrogen and oxygen atoms in total. The molecule has 0 aliphatic carbocycles. The normalized spacial score (nSPS) is 19.4. The molecule has 122 valence electrons. The van der Waals surface area contributed by atoms with Crippen LogP contribution < -0.4 is 10.6 Å². The van der Waals surface area contributed by atoms with Gasteiger partial charge in [0.05, 0.1) is 11.0 Å². The Bertz CT molecular complexity index is 778. The van der Waals surface area contributed by atoms with Crippen molar-refractivity contribution in [1.82, 2.24) is 9.97 Å². The lowest BCUT2D eigenvalue weighted by atomic mass is 10.2. The summed E-state index contributed by atoms with van der Waals surface area (Å²) in [6.07, 6.45) is 1.47. The van der Waals surface area contributed by atoms with Crippen LogP contribution in [0.25, 0.3) is 0 Å². The second-order valence-corrected chi connectivity index (χ2v) is 8.09. The van der Waals surface area contributed by atoms with Gasteiger partial charge in [0.15, 0.2) is 9.84 Å². The van der Waals surface area contributed by atoms with Crippen LogP contribution in [0.5, 0.6) is 0 Å². The van der Waals surface area contributed by atoms with E-state index in [1.807, 2.05) is 37.3 Å². The molecule has 0 saturated carbocycles. The zero-order valence-corrected chi connectivity index (χ0v) is 13.8. The Hall–Kier alpha value is -2.15. The third-order valence-electron chi connectivity index (χ3n) is 3.86. The second-order valence-electron chi connectivity index (χ2n) is 5.69. The summed E-state index contributed by atoms with van der Waals surface area (Å²) in [5, 5.41) is 6.04. The molecule has 1 aliphatic rings. The fourth-order valence-corrected chi connectivity index (χ4v) is 4.46. The molecular formula is C16H20N4O2S. The Kier molecular flexibility index (Phi) is 4.47. The van der Waals surface area contributed by atoms with E-state index >= 15 is 0 Å². The van der Waals surface area contributed by atoms with Gasteiger partial charge in [-0.3, -0.25) is 0 Å². The summed E-state index contributed by atoms with van der Waals surface area (Å²) in [5.74, 6) is 2.24. The van der Waals surface area contributed by atoms with Crippen LogP contribution in [0.2, 0.25) is 0 Å². The first-order chi connectivity index (χ1) is 11.0. The maximum Gasteiger partial charge on any atom is 0.154 e. The predicted octanol–water partition coefficient (Wildman–Crippen LogP) is 2.52. The Balaban J connectivity index is 1.70. The lowest BCUT2D eigenvalue weighted by Gasteiger charge is -2.13. The van der Waals surface area contributed by atoms with E-state index in [2.05, 4.69) is 20.6 Å². The monoisotopic (exact) mass is 332 g/mol. The summed E-state index contributed by atoms with van der Waals surface area (Å²) in [5.41, 5.74) is 0.940. The minimum atomic E-state index is -2.95. The van der Waals surface area contributed by atoms with Gasteiger partial charge < -0.3 is 10.6 Å². The molecule has 1 unspecified atom stereocenters. The van der Waals surface area contributed by atoms with Gasteiger partial charge in [-0.25, -0.2) is 18.4 Å². The topological polar surface area (TPSA) is 84.0 Å². The van der Waals surface area contributed by atoms with Gasteiger partial charge in [0.25, 0.3) is 0 Å². The molecule has 23 heavy (non-hydrogen) atoms. The van der Waals surface area contributed by atoms with Crippen molar-refractivity contribution < 1.29 is 8.42 Å². The van der Waals surface area contributed by atoms with E-state index < -0.39 is 9.84 Å². The summed E-state index contributed by atoms with van der Waals surface area (Å²) in [7, 11) is -2.95. The predicted molar refractivity (Wildman–Crippen MR) is 91.8 cm³/mol. The summed E-state index contributed by atoms with van der Waals surface area (Å²) in [4.78, 5) is 8.68. The molecule has 3 rings (SSSR count). The largest absolute Gasteiger partial charge is 0.369 e. The molecule has 7 heteroatoms. The quantitative estimate of drug-likeness (QED) is 0.875. The van der Waals surface area contributed by atoms with E-state index in [9.17, 15) is 8.42 Å². The number of hydrogen-bond donors (Lipinski definition) is 2. The lowest BCUT2D eigenvalue weighted by Crippen LogP contribution is -2.25.